The lowest BCUT2D eigenvalue weighted by atomic mass is 9.62. The van der Waals surface area contributed by atoms with Gasteiger partial charge in [-0.25, -0.2) is 0 Å². The van der Waals surface area contributed by atoms with E-state index in [4.69, 9.17) is 27.9 Å². The van der Waals surface area contributed by atoms with E-state index in [0.717, 1.165) is 11.1 Å². The van der Waals surface area contributed by atoms with Gasteiger partial charge in [0.05, 0.1) is 19.3 Å². The number of carbonyl (C=O) groups is 2. The van der Waals surface area contributed by atoms with Gasteiger partial charge < -0.3 is 20.3 Å². The quantitative estimate of drug-likeness (QED) is 0.626. The number of rotatable bonds is 3. The Morgan fingerprint density at radius 2 is 1.83 bits per heavy atom. The Balaban J connectivity index is 1.72. The highest BCUT2D eigenvalue weighted by molar-refractivity contribution is 6.31. The summed E-state index contributed by atoms with van der Waals surface area (Å²) < 4.78 is 5.49. The normalized spacial score (nSPS) is 28.3. The second-order valence-electron chi connectivity index (χ2n) is 10.9. The van der Waals surface area contributed by atoms with Gasteiger partial charge in [0.1, 0.15) is 5.41 Å². The highest BCUT2D eigenvalue weighted by Crippen LogP contribution is 2.56. The number of nitrogens with one attached hydrogen (secondary N) is 2. The predicted octanol–water partition coefficient (Wildman–Crippen LogP) is 4.60. The van der Waals surface area contributed by atoms with E-state index < -0.39 is 17.4 Å². The van der Waals surface area contributed by atoms with Gasteiger partial charge in [-0.3, -0.25) is 9.59 Å². The summed E-state index contributed by atoms with van der Waals surface area (Å²) >= 11 is 12.8. The SMILES string of the molecule is CC(C)(C)CC1NC(C(=O)N2CCOCC2)C(c2cccc(Cl)c2)C12C(=O)Nc1cc(Cl)ccc12. The fourth-order valence-electron chi connectivity index (χ4n) is 6.09. The van der Waals surface area contributed by atoms with E-state index in [1.165, 1.54) is 0 Å². The number of fused-ring (bicyclic) bond motifs is 2. The second kappa shape index (κ2) is 9.07. The molecule has 0 radical (unpaired) electrons. The van der Waals surface area contributed by atoms with Crippen LogP contribution in [0.3, 0.4) is 0 Å². The summed E-state index contributed by atoms with van der Waals surface area (Å²) in [6.45, 7) is 8.57. The zero-order valence-electron chi connectivity index (χ0n) is 20.2. The molecule has 5 rings (SSSR count). The third kappa shape index (κ3) is 4.25. The van der Waals surface area contributed by atoms with Crippen LogP contribution in [-0.4, -0.2) is 55.1 Å². The molecular formula is C27H31Cl2N3O3. The van der Waals surface area contributed by atoms with Crippen molar-refractivity contribution in [2.75, 3.05) is 31.6 Å². The van der Waals surface area contributed by atoms with Gasteiger partial charge in [-0.2, -0.15) is 0 Å². The van der Waals surface area contributed by atoms with Crippen LogP contribution in [0.5, 0.6) is 0 Å². The average molecular weight is 516 g/mol. The molecule has 2 aromatic rings. The lowest BCUT2D eigenvalue weighted by Gasteiger charge is -2.38. The molecule has 2 amide bonds. The maximum absolute atomic E-state index is 14.1. The van der Waals surface area contributed by atoms with E-state index in [2.05, 4.69) is 31.4 Å². The van der Waals surface area contributed by atoms with Crippen LogP contribution in [0.1, 0.15) is 44.2 Å². The first-order chi connectivity index (χ1) is 16.6. The Bertz CT molecular complexity index is 1160. The van der Waals surface area contributed by atoms with Crippen molar-refractivity contribution in [2.45, 2.75) is 50.6 Å². The Morgan fingerprint density at radius 3 is 2.51 bits per heavy atom. The zero-order valence-corrected chi connectivity index (χ0v) is 21.7. The van der Waals surface area contributed by atoms with Crippen LogP contribution in [0.15, 0.2) is 42.5 Å². The van der Waals surface area contributed by atoms with Crippen molar-refractivity contribution in [3.8, 4) is 0 Å². The Labute approximate surface area is 216 Å². The summed E-state index contributed by atoms with van der Waals surface area (Å²) in [6, 6.07) is 12.2. The maximum Gasteiger partial charge on any atom is 0.240 e. The van der Waals surface area contributed by atoms with Gasteiger partial charge in [0.25, 0.3) is 0 Å². The Hall–Kier alpha value is -2.12. The van der Waals surface area contributed by atoms with E-state index >= 15 is 0 Å². The fraction of sp³-hybridized carbons (Fsp3) is 0.481. The minimum atomic E-state index is -0.996. The molecule has 0 aliphatic carbocycles. The Kier molecular flexibility index (Phi) is 6.37. The van der Waals surface area contributed by atoms with E-state index in [-0.39, 0.29) is 23.3 Å². The molecule has 3 heterocycles. The number of ether oxygens (including phenoxy) is 1. The topological polar surface area (TPSA) is 70.7 Å². The first kappa shape index (κ1) is 24.6. The van der Waals surface area contributed by atoms with Crippen molar-refractivity contribution in [1.29, 1.82) is 0 Å². The minimum absolute atomic E-state index is 0.00993. The molecule has 186 valence electrons. The molecule has 3 aliphatic heterocycles. The van der Waals surface area contributed by atoms with Gasteiger partial charge in [-0.1, -0.05) is 62.2 Å². The van der Waals surface area contributed by atoms with E-state index in [1.54, 1.807) is 6.07 Å². The molecule has 0 saturated carbocycles. The summed E-state index contributed by atoms with van der Waals surface area (Å²) in [7, 11) is 0. The summed E-state index contributed by atoms with van der Waals surface area (Å²) in [5.41, 5.74) is 1.36. The van der Waals surface area contributed by atoms with Crippen LogP contribution >= 0.6 is 23.2 Å². The van der Waals surface area contributed by atoms with Crippen molar-refractivity contribution >= 4 is 40.7 Å². The highest BCUT2D eigenvalue weighted by Gasteiger charge is 2.66. The number of morpholine rings is 1. The first-order valence-electron chi connectivity index (χ1n) is 12.1. The van der Waals surface area contributed by atoms with Crippen LogP contribution in [0.25, 0.3) is 0 Å². The minimum Gasteiger partial charge on any atom is -0.378 e. The highest BCUT2D eigenvalue weighted by atomic mass is 35.5. The molecule has 0 aromatic heterocycles. The molecule has 4 atom stereocenters. The van der Waals surface area contributed by atoms with Crippen molar-refractivity contribution < 1.29 is 14.3 Å². The Morgan fingerprint density at radius 1 is 1.11 bits per heavy atom. The number of hydrogen-bond acceptors (Lipinski definition) is 4. The lowest BCUT2D eigenvalue weighted by Crippen LogP contribution is -2.51. The maximum atomic E-state index is 14.1. The summed E-state index contributed by atoms with van der Waals surface area (Å²) in [5, 5.41) is 7.89. The monoisotopic (exact) mass is 515 g/mol. The average Bonchev–Trinajstić information content (AvgIpc) is 3.27. The molecule has 35 heavy (non-hydrogen) atoms. The van der Waals surface area contributed by atoms with Crippen LogP contribution in [0, 0.1) is 5.41 Å². The van der Waals surface area contributed by atoms with Crippen molar-refractivity contribution in [3.05, 3.63) is 63.6 Å². The molecular weight excluding hydrogens is 485 g/mol. The predicted molar refractivity (Wildman–Crippen MR) is 138 cm³/mol. The van der Waals surface area contributed by atoms with Gasteiger partial charge in [0, 0.05) is 40.8 Å². The number of amides is 2. The third-order valence-corrected chi connectivity index (χ3v) is 7.89. The van der Waals surface area contributed by atoms with Crippen molar-refractivity contribution in [1.82, 2.24) is 10.2 Å². The van der Waals surface area contributed by atoms with Crippen molar-refractivity contribution in [2.24, 2.45) is 5.41 Å². The molecule has 2 N–H and O–H groups in total. The molecule has 0 bridgehead atoms. The number of hydrogen-bond donors (Lipinski definition) is 2. The van der Waals surface area contributed by atoms with Gasteiger partial charge >= 0.3 is 0 Å². The standard InChI is InChI=1S/C27H31Cl2N3O3/c1-26(2,3)15-21-27(19-8-7-18(29)14-20(19)30-25(27)34)22(16-5-4-6-17(28)13-16)23(31-21)24(33)32-9-11-35-12-10-32/h4-8,13-14,21-23,31H,9-12,15H2,1-3H3,(H,30,34). The lowest BCUT2D eigenvalue weighted by molar-refractivity contribution is -0.137. The van der Waals surface area contributed by atoms with Gasteiger partial charge in [0.15, 0.2) is 0 Å². The molecule has 3 aliphatic rings. The summed E-state index contributed by atoms with van der Waals surface area (Å²) in [4.78, 5) is 30.0. The molecule has 2 fully saturated rings. The fourth-order valence-corrected chi connectivity index (χ4v) is 6.46. The van der Waals surface area contributed by atoms with E-state index in [9.17, 15) is 9.59 Å². The second-order valence-corrected chi connectivity index (χ2v) is 11.8. The molecule has 8 heteroatoms. The van der Waals surface area contributed by atoms with E-state index in [1.807, 2.05) is 41.3 Å². The molecule has 6 nitrogen and oxygen atoms in total. The number of halogens is 2. The van der Waals surface area contributed by atoms with Gasteiger partial charge in [-0.15, -0.1) is 0 Å². The first-order valence-corrected chi connectivity index (χ1v) is 12.9. The van der Waals surface area contributed by atoms with Crippen molar-refractivity contribution in [3.63, 3.8) is 0 Å². The number of carbonyl (C=O) groups excluding carboxylic acids is 2. The van der Waals surface area contributed by atoms with Crippen LogP contribution in [0.2, 0.25) is 10.0 Å². The zero-order chi connectivity index (χ0) is 25.0. The summed E-state index contributed by atoms with van der Waals surface area (Å²) in [6.07, 6.45) is 0.701. The summed E-state index contributed by atoms with van der Waals surface area (Å²) in [5.74, 6) is -0.575. The van der Waals surface area contributed by atoms with Crippen LogP contribution < -0.4 is 10.6 Å². The largest absolute Gasteiger partial charge is 0.378 e. The van der Waals surface area contributed by atoms with Gasteiger partial charge in [0.2, 0.25) is 11.8 Å². The molecule has 2 aromatic carbocycles. The van der Waals surface area contributed by atoms with Gasteiger partial charge in [-0.05, 0) is 47.2 Å². The number of nitrogens with zero attached hydrogens (tertiary/aromatic N) is 1. The number of anilines is 1. The number of benzene rings is 2. The van der Waals surface area contributed by atoms with Crippen LogP contribution in [0.4, 0.5) is 5.69 Å². The molecule has 4 unspecified atom stereocenters. The smallest absolute Gasteiger partial charge is 0.240 e. The van der Waals surface area contributed by atoms with E-state index in [0.29, 0.717) is 48.5 Å². The molecule has 2 saturated heterocycles. The van der Waals surface area contributed by atoms with Crippen LogP contribution in [-0.2, 0) is 19.7 Å². The molecule has 1 spiro atoms. The third-order valence-electron chi connectivity index (χ3n) is 7.42.